The Labute approximate surface area is 318 Å². The van der Waals surface area contributed by atoms with Gasteiger partial charge in [-0.05, 0) is 116 Å². The molecule has 0 spiro atoms. The highest BCUT2D eigenvalue weighted by atomic mass is 16.5. The molecule has 0 aliphatic carbocycles. The third kappa shape index (κ3) is 4.41. The topological polar surface area (TPSA) is 9.23 Å². The number of para-hydroxylation sites is 1. The first-order chi connectivity index (χ1) is 27.3. The Balaban J connectivity index is 1.07. The van der Waals surface area contributed by atoms with Crippen LogP contribution in [0, 0.1) is 0 Å². The molecule has 11 aromatic rings. The Morgan fingerprint density at radius 3 is 1.56 bits per heavy atom. The van der Waals surface area contributed by atoms with E-state index in [2.05, 4.69) is 188 Å². The van der Waals surface area contributed by atoms with Gasteiger partial charge < -0.3 is 4.74 Å². The molecule has 55 heavy (non-hydrogen) atoms. The molecule has 12 rings (SSSR count). The van der Waals surface area contributed by atoms with Gasteiger partial charge in [0.25, 0.3) is 0 Å². The second-order valence-corrected chi connectivity index (χ2v) is 14.7. The number of fused-ring (bicyclic) bond motifs is 9. The van der Waals surface area contributed by atoms with Gasteiger partial charge in [0.2, 0.25) is 0 Å². The van der Waals surface area contributed by atoms with Crippen LogP contribution in [0.5, 0.6) is 11.5 Å². The minimum atomic E-state index is 0.910. The fourth-order valence-corrected chi connectivity index (χ4v) is 9.46. The van der Waals surface area contributed by atoms with Gasteiger partial charge in [-0.1, -0.05) is 176 Å². The number of hydrogen-bond acceptors (Lipinski definition) is 1. The van der Waals surface area contributed by atoms with Gasteiger partial charge in [0.05, 0.1) is 0 Å². The summed E-state index contributed by atoms with van der Waals surface area (Å²) < 4.78 is 6.40. The highest BCUT2D eigenvalue weighted by Crippen LogP contribution is 2.50. The van der Waals surface area contributed by atoms with Crippen molar-refractivity contribution in [1.82, 2.24) is 0 Å². The summed E-state index contributed by atoms with van der Waals surface area (Å²) in [5, 5.41) is 15.1. The summed E-state index contributed by atoms with van der Waals surface area (Å²) in [6, 6.07) is 71.1. The highest BCUT2D eigenvalue weighted by Gasteiger charge is 2.22. The number of rotatable bonds is 3. The summed E-state index contributed by atoms with van der Waals surface area (Å²) in [6.45, 7) is 0. The first kappa shape index (κ1) is 30.3. The zero-order chi connectivity index (χ0) is 36.0. The molecule has 0 saturated carbocycles. The quantitative estimate of drug-likeness (QED) is 0.132. The predicted molar refractivity (Wildman–Crippen MR) is 233 cm³/mol. The lowest BCUT2D eigenvalue weighted by Crippen LogP contribution is -1.97. The zero-order valence-corrected chi connectivity index (χ0v) is 29.9. The van der Waals surface area contributed by atoms with E-state index in [4.69, 9.17) is 4.74 Å². The second kappa shape index (κ2) is 11.6. The Morgan fingerprint density at radius 2 is 0.800 bits per heavy atom. The zero-order valence-electron chi connectivity index (χ0n) is 29.9. The van der Waals surface area contributed by atoms with Gasteiger partial charge >= 0.3 is 0 Å². The third-order valence-electron chi connectivity index (χ3n) is 11.8. The van der Waals surface area contributed by atoms with Crippen LogP contribution in [0.4, 0.5) is 0 Å². The van der Waals surface area contributed by atoms with Crippen LogP contribution in [0.1, 0.15) is 0 Å². The van der Waals surface area contributed by atoms with Crippen molar-refractivity contribution in [1.29, 1.82) is 0 Å². The molecule has 0 fully saturated rings. The van der Waals surface area contributed by atoms with Gasteiger partial charge in [0, 0.05) is 10.9 Å². The average Bonchev–Trinajstić information content (AvgIpc) is 3.25. The molecule has 0 unspecified atom stereocenters. The molecule has 1 aliphatic rings. The molecule has 0 bridgehead atoms. The maximum absolute atomic E-state index is 6.40. The van der Waals surface area contributed by atoms with Crippen molar-refractivity contribution in [3.8, 4) is 56.0 Å². The Kier molecular flexibility index (Phi) is 6.40. The SMILES string of the molecule is c1ccc2c(c1)Oc1cccc3c(-c4ccc(-c5c6ccccc6c(-c6cc7ccc8ccccc8c7c7ccccc67)c6ccccc56)cc4)ccc-2c13. The van der Waals surface area contributed by atoms with Crippen LogP contribution in [-0.4, -0.2) is 0 Å². The smallest absolute Gasteiger partial charge is 0.135 e. The lowest BCUT2D eigenvalue weighted by atomic mass is 9.83. The van der Waals surface area contributed by atoms with Crippen molar-refractivity contribution in [2.24, 2.45) is 0 Å². The Bertz CT molecular complexity index is 3330. The Hall–Kier alpha value is -7.22. The monoisotopic (exact) mass is 696 g/mol. The minimum Gasteiger partial charge on any atom is -0.456 e. The number of benzene rings is 11. The van der Waals surface area contributed by atoms with Crippen LogP contribution in [0.15, 0.2) is 194 Å². The van der Waals surface area contributed by atoms with E-state index in [1.165, 1.54) is 104 Å². The van der Waals surface area contributed by atoms with Gasteiger partial charge in [0.15, 0.2) is 0 Å². The fourth-order valence-electron chi connectivity index (χ4n) is 9.46. The number of hydrogen-bond donors (Lipinski definition) is 0. The molecule has 0 radical (unpaired) electrons. The normalized spacial score (nSPS) is 12.1. The summed E-state index contributed by atoms with van der Waals surface area (Å²) in [4.78, 5) is 0. The van der Waals surface area contributed by atoms with E-state index in [0.717, 1.165) is 17.1 Å². The summed E-state index contributed by atoms with van der Waals surface area (Å²) in [5.74, 6) is 1.82. The van der Waals surface area contributed by atoms with Gasteiger partial charge in [-0.3, -0.25) is 0 Å². The third-order valence-corrected chi connectivity index (χ3v) is 11.8. The van der Waals surface area contributed by atoms with Gasteiger partial charge in [0.1, 0.15) is 11.5 Å². The van der Waals surface area contributed by atoms with Crippen molar-refractivity contribution in [2.75, 3.05) is 0 Å². The molecule has 0 saturated heterocycles. The Morgan fingerprint density at radius 1 is 0.255 bits per heavy atom. The van der Waals surface area contributed by atoms with Crippen molar-refractivity contribution in [2.45, 2.75) is 0 Å². The second-order valence-electron chi connectivity index (χ2n) is 14.7. The molecule has 1 heteroatoms. The number of ether oxygens (including phenoxy) is 1. The predicted octanol–water partition coefficient (Wildman–Crippen LogP) is 15.4. The lowest BCUT2D eigenvalue weighted by molar-refractivity contribution is 0.487. The van der Waals surface area contributed by atoms with Crippen LogP contribution >= 0.6 is 0 Å². The summed E-state index contributed by atoms with van der Waals surface area (Å²) >= 11 is 0. The average molecular weight is 697 g/mol. The summed E-state index contributed by atoms with van der Waals surface area (Å²) in [6.07, 6.45) is 0. The van der Waals surface area contributed by atoms with Crippen LogP contribution in [0.25, 0.3) is 109 Å². The van der Waals surface area contributed by atoms with E-state index in [1.807, 2.05) is 6.07 Å². The molecule has 0 aromatic heterocycles. The van der Waals surface area contributed by atoms with Crippen LogP contribution in [-0.2, 0) is 0 Å². The van der Waals surface area contributed by atoms with E-state index in [-0.39, 0.29) is 0 Å². The maximum Gasteiger partial charge on any atom is 0.135 e. The molecule has 1 heterocycles. The van der Waals surface area contributed by atoms with E-state index in [0.29, 0.717) is 0 Å². The van der Waals surface area contributed by atoms with Gasteiger partial charge in [-0.25, -0.2) is 0 Å². The first-order valence-corrected chi connectivity index (χ1v) is 19.0. The van der Waals surface area contributed by atoms with E-state index >= 15 is 0 Å². The summed E-state index contributed by atoms with van der Waals surface area (Å²) in [7, 11) is 0. The highest BCUT2D eigenvalue weighted by molar-refractivity contribution is 6.28. The van der Waals surface area contributed by atoms with E-state index < -0.39 is 0 Å². The standard InChI is InChI=1S/C54H32O/c1-2-13-38-33(12-1)26-29-36-32-48(39-14-3-4-16-42(39)52(36)38)53-45-19-7-5-17-43(45)51(44-18-6-8-20-46(44)53)35-27-24-34(25-28-35)37-30-31-47-40-15-9-10-22-49(40)55-50-23-11-21-41(37)54(47)50/h1-32H. The largest absolute Gasteiger partial charge is 0.456 e. The van der Waals surface area contributed by atoms with E-state index in [1.54, 1.807) is 0 Å². The molecule has 254 valence electrons. The molecule has 11 aromatic carbocycles. The van der Waals surface area contributed by atoms with Crippen LogP contribution < -0.4 is 4.74 Å². The van der Waals surface area contributed by atoms with Crippen molar-refractivity contribution in [3.05, 3.63) is 194 Å². The van der Waals surface area contributed by atoms with Crippen LogP contribution in [0.3, 0.4) is 0 Å². The van der Waals surface area contributed by atoms with Gasteiger partial charge in [-0.2, -0.15) is 0 Å². The van der Waals surface area contributed by atoms with Crippen LogP contribution in [0.2, 0.25) is 0 Å². The molecular weight excluding hydrogens is 665 g/mol. The maximum atomic E-state index is 6.40. The fraction of sp³-hybridized carbons (Fsp3) is 0. The first-order valence-electron chi connectivity index (χ1n) is 19.0. The van der Waals surface area contributed by atoms with Crippen molar-refractivity contribution >= 4 is 64.6 Å². The van der Waals surface area contributed by atoms with E-state index in [9.17, 15) is 0 Å². The van der Waals surface area contributed by atoms with Crippen molar-refractivity contribution in [3.63, 3.8) is 0 Å². The molecule has 1 aliphatic heterocycles. The molecule has 0 atom stereocenters. The van der Waals surface area contributed by atoms with Crippen molar-refractivity contribution < 1.29 is 4.74 Å². The molecule has 0 amide bonds. The minimum absolute atomic E-state index is 0.910. The summed E-state index contributed by atoms with van der Waals surface area (Å²) in [5.41, 5.74) is 9.77. The lowest BCUT2D eigenvalue weighted by Gasteiger charge is -2.22. The molecular formula is C54H32O. The molecule has 1 nitrogen and oxygen atoms in total. The molecule has 0 N–H and O–H groups in total. The van der Waals surface area contributed by atoms with Gasteiger partial charge in [-0.15, -0.1) is 0 Å².